The van der Waals surface area contributed by atoms with Gasteiger partial charge in [0.25, 0.3) is 0 Å². The van der Waals surface area contributed by atoms with Crippen LogP contribution in [0.3, 0.4) is 0 Å². The van der Waals surface area contributed by atoms with Crippen molar-refractivity contribution in [2.24, 2.45) is 0 Å². The lowest BCUT2D eigenvalue weighted by atomic mass is 9.94. The van der Waals surface area contributed by atoms with Crippen LogP contribution >= 0.6 is 0 Å². The zero-order valence-electron chi connectivity index (χ0n) is 16.1. The number of hydrogen-bond donors (Lipinski definition) is 0. The van der Waals surface area contributed by atoms with Crippen molar-refractivity contribution >= 4 is 22.8 Å². The Labute approximate surface area is 168 Å². The molecule has 0 radical (unpaired) electrons. The number of rotatable bonds is 5. The molecule has 28 heavy (non-hydrogen) atoms. The minimum atomic E-state index is -1.31. The lowest BCUT2D eigenvalue weighted by molar-refractivity contribution is -0.134. The predicted octanol–water partition coefficient (Wildman–Crippen LogP) is 5.32. The van der Waals surface area contributed by atoms with Gasteiger partial charge in [-0.15, -0.1) is 0 Å². The summed E-state index contributed by atoms with van der Waals surface area (Å²) in [7, 11) is 0.0373. The molecule has 3 aromatic rings. The molecule has 0 N–H and O–H groups in total. The summed E-state index contributed by atoms with van der Waals surface area (Å²) in [5.41, 5.74) is 4.89. The van der Waals surface area contributed by atoms with Crippen LogP contribution in [0.25, 0.3) is 17.2 Å². The number of carbonyl (C=O) groups is 1. The highest BCUT2D eigenvalue weighted by molar-refractivity contribution is 7.85. The fraction of sp³-hybridized carbons (Fsp3) is 0.125. The van der Waals surface area contributed by atoms with Gasteiger partial charge in [0.2, 0.25) is 0 Å². The first-order valence-corrected chi connectivity index (χ1v) is 10.1. The van der Waals surface area contributed by atoms with E-state index in [0.717, 1.165) is 37.6 Å². The summed E-state index contributed by atoms with van der Waals surface area (Å²) in [6.45, 7) is 4.02. The molecule has 0 amide bonds. The van der Waals surface area contributed by atoms with Crippen molar-refractivity contribution in [3.63, 3.8) is 0 Å². The highest BCUT2D eigenvalue weighted by atomic mass is 32.2. The van der Waals surface area contributed by atoms with E-state index in [-0.39, 0.29) is 0 Å². The summed E-state index contributed by atoms with van der Waals surface area (Å²) in [6.07, 6.45) is 3.14. The third-order valence-corrected chi connectivity index (χ3v) is 5.95. The fourth-order valence-corrected chi connectivity index (χ4v) is 4.26. The van der Waals surface area contributed by atoms with Gasteiger partial charge in [-0.2, -0.15) is 0 Å². The molecule has 0 fully saturated rings. The minimum Gasteiger partial charge on any atom is -0.466 e. The van der Waals surface area contributed by atoms with Crippen molar-refractivity contribution in [3.05, 3.63) is 89.5 Å². The molecular formula is C24H22O3S. The Morgan fingerprint density at radius 1 is 0.929 bits per heavy atom. The molecule has 0 bridgehead atoms. The molecule has 0 spiro atoms. The molecule has 0 aliphatic heterocycles. The Balaban J connectivity index is 2.13. The molecule has 0 heterocycles. The summed E-state index contributed by atoms with van der Waals surface area (Å²) < 4.78 is 18.0. The topological polar surface area (TPSA) is 43.4 Å². The summed E-state index contributed by atoms with van der Waals surface area (Å²) in [5.74, 6) is -0.413. The van der Waals surface area contributed by atoms with Crippen LogP contribution in [-0.2, 0) is 20.3 Å². The van der Waals surface area contributed by atoms with Crippen molar-refractivity contribution < 1.29 is 13.7 Å². The van der Waals surface area contributed by atoms with Gasteiger partial charge in [0.05, 0.1) is 22.8 Å². The molecule has 3 nitrogen and oxygen atoms in total. The molecule has 1 atom stereocenters. The normalized spacial score (nSPS) is 12.1. The van der Waals surface area contributed by atoms with E-state index in [9.17, 15) is 9.00 Å². The Bertz CT molecular complexity index is 1050. The molecule has 4 heteroatoms. The van der Waals surface area contributed by atoms with Crippen LogP contribution in [0.2, 0.25) is 0 Å². The van der Waals surface area contributed by atoms with E-state index in [4.69, 9.17) is 4.74 Å². The monoisotopic (exact) mass is 390 g/mol. The van der Waals surface area contributed by atoms with Crippen molar-refractivity contribution in [3.8, 4) is 11.1 Å². The fourth-order valence-electron chi connectivity index (χ4n) is 3.05. The molecule has 0 unspecified atom stereocenters. The predicted molar refractivity (Wildman–Crippen MR) is 114 cm³/mol. The van der Waals surface area contributed by atoms with Crippen molar-refractivity contribution in [2.75, 3.05) is 7.11 Å². The van der Waals surface area contributed by atoms with Crippen molar-refractivity contribution in [1.82, 2.24) is 0 Å². The summed E-state index contributed by atoms with van der Waals surface area (Å²) in [6, 6.07) is 21.3. The van der Waals surface area contributed by atoms with E-state index in [2.05, 4.69) is 0 Å². The number of aryl methyl sites for hydroxylation is 2. The molecule has 0 aliphatic carbocycles. The SMILES string of the molecule is COC(=O)/C=C/c1cccc(C)c1-c1ccccc1[S@@](=O)c1ccc(C)cc1. The smallest absolute Gasteiger partial charge is 0.330 e. The molecule has 3 aromatic carbocycles. The van der Waals surface area contributed by atoms with E-state index < -0.39 is 16.8 Å². The third-order valence-electron chi connectivity index (χ3n) is 4.50. The van der Waals surface area contributed by atoms with Gasteiger partial charge in [-0.05, 0) is 60.4 Å². The van der Waals surface area contributed by atoms with Crippen LogP contribution in [0.5, 0.6) is 0 Å². The largest absolute Gasteiger partial charge is 0.466 e. The van der Waals surface area contributed by atoms with Crippen LogP contribution in [-0.4, -0.2) is 17.3 Å². The number of benzene rings is 3. The lowest BCUT2D eigenvalue weighted by Gasteiger charge is -2.15. The molecule has 0 aliphatic rings. The van der Waals surface area contributed by atoms with Gasteiger partial charge in [-0.3, -0.25) is 0 Å². The van der Waals surface area contributed by atoms with Gasteiger partial charge in [-0.1, -0.05) is 54.1 Å². The highest BCUT2D eigenvalue weighted by Gasteiger charge is 2.16. The third kappa shape index (κ3) is 4.29. The maximum Gasteiger partial charge on any atom is 0.330 e. The van der Waals surface area contributed by atoms with E-state index in [1.54, 1.807) is 6.08 Å². The first-order valence-electron chi connectivity index (χ1n) is 8.94. The van der Waals surface area contributed by atoms with Gasteiger partial charge in [0, 0.05) is 11.0 Å². The maximum atomic E-state index is 13.3. The van der Waals surface area contributed by atoms with Crippen molar-refractivity contribution in [1.29, 1.82) is 0 Å². The number of methoxy groups -OCH3 is 1. The molecule has 0 saturated carbocycles. The first-order chi connectivity index (χ1) is 13.5. The average Bonchev–Trinajstić information content (AvgIpc) is 2.72. The van der Waals surface area contributed by atoms with Crippen LogP contribution in [0.15, 0.2) is 82.6 Å². The van der Waals surface area contributed by atoms with Crippen LogP contribution in [0.1, 0.15) is 16.7 Å². The lowest BCUT2D eigenvalue weighted by Crippen LogP contribution is -1.99. The molecule has 0 aromatic heterocycles. The van der Waals surface area contributed by atoms with Crippen molar-refractivity contribution in [2.45, 2.75) is 23.6 Å². The quantitative estimate of drug-likeness (QED) is 0.437. The Morgan fingerprint density at radius 2 is 1.64 bits per heavy atom. The van der Waals surface area contributed by atoms with E-state index in [1.807, 2.05) is 80.6 Å². The van der Waals surface area contributed by atoms with E-state index in [0.29, 0.717) is 0 Å². The van der Waals surface area contributed by atoms with Gasteiger partial charge >= 0.3 is 5.97 Å². The Morgan fingerprint density at radius 3 is 2.36 bits per heavy atom. The van der Waals surface area contributed by atoms with Gasteiger partial charge in [0.1, 0.15) is 0 Å². The molecule has 3 rings (SSSR count). The maximum absolute atomic E-state index is 13.3. The Hall–Kier alpha value is -2.98. The van der Waals surface area contributed by atoms with Crippen LogP contribution in [0, 0.1) is 13.8 Å². The second kappa shape index (κ2) is 8.81. The van der Waals surface area contributed by atoms with Gasteiger partial charge in [0.15, 0.2) is 0 Å². The zero-order chi connectivity index (χ0) is 20.1. The summed E-state index contributed by atoms with van der Waals surface area (Å²) >= 11 is 0. The Kier molecular flexibility index (Phi) is 6.22. The average molecular weight is 391 g/mol. The van der Waals surface area contributed by atoms with Gasteiger partial charge < -0.3 is 4.74 Å². The number of ether oxygens (including phenoxy) is 1. The standard InChI is InChI=1S/C24H22O3S/c1-17-11-14-20(15-12-17)28(26)22-10-5-4-9-21(22)24-18(2)7-6-8-19(24)13-16-23(25)27-3/h4-16H,1-3H3/b16-13+/t28-/m0/s1. The molecule has 142 valence electrons. The molecular weight excluding hydrogens is 368 g/mol. The zero-order valence-corrected chi connectivity index (χ0v) is 17.0. The van der Waals surface area contributed by atoms with Crippen LogP contribution in [0.4, 0.5) is 0 Å². The van der Waals surface area contributed by atoms with E-state index >= 15 is 0 Å². The highest BCUT2D eigenvalue weighted by Crippen LogP contribution is 2.34. The summed E-state index contributed by atoms with van der Waals surface area (Å²) in [5, 5.41) is 0. The van der Waals surface area contributed by atoms with E-state index in [1.165, 1.54) is 13.2 Å². The first kappa shape index (κ1) is 19.8. The number of hydrogen-bond acceptors (Lipinski definition) is 3. The summed E-state index contributed by atoms with van der Waals surface area (Å²) in [4.78, 5) is 13.1. The number of carbonyl (C=O) groups excluding carboxylic acids is 1. The van der Waals surface area contributed by atoms with Gasteiger partial charge in [-0.25, -0.2) is 9.00 Å². The second-order valence-electron chi connectivity index (χ2n) is 6.47. The number of esters is 1. The van der Waals surface area contributed by atoms with Crippen LogP contribution < -0.4 is 0 Å². The molecule has 0 saturated heterocycles. The minimum absolute atomic E-state index is 0.413. The second-order valence-corrected chi connectivity index (χ2v) is 7.92.